The molecule has 24 heavy (non-hydrogen) atoms. The van der Waals surface area contributed by atoms with Gasteiger partial charge in [0.05, 0.1) is 22.0 Å². The highest BCUT2D eigenvalue weighted by molar-refractivity contribution is 7.91. The van der Waals surface area contributed by atoms with Gasteiger partial charge in [-0.1, -0.05) is 12.1 Å². The van der Waals surface area contributed by atoms with Gasteiger partial charge in [0, 0.05) is 6.04 Å². The summed E-state index contributed by atoms with van der Waals surface area (Å²) in [5.41, 5.74) is 7.05. The lowest BCUT2D eigenvalue weighted by Gasteiger charge is -2.08. The van der Waals surface area contributed by atoms with E-state index in [4.69, 9.17) is 10.5 Å². The Morgan fingerprint density at radius 2 is 1.54 bits per heavy atom. The number of ether oxygens (including phenoxy) is 1. The Morgan fingerprint density at radius 3 is 2.00 bits per heavy atom. The number of esters is 1. The van der Waals surface area contributed by atoms with Crippen LogP contribution in [0.3, 0.4) is 0 Å². The molecule has 6 heteroatoms. The summed E-state index contributed by atoms with van der Waals surface area (Å²) >= 11 is 0. The molecule has 0 aromatic heterocycles. The van der Waals surface area contributed by atoms with E-state index in [-0.39, 0.29) is 22.4 Å². The van der Waals surface area contributed by atoms with Gasteiger partial charge in [-0.3, -0.25) is 0 Å². The van der Waals surface area contributed by atoms with Crippen LogP contribution in [0.4, 0.5) is 0 Å². The lowest BCUT2D eigenvalue weighted by molar-refractivity contribution is 0.0526. The molecule has 0 heterocycles. The number of carbonyl (C=O) groups excluding carboxylic acids is 1. The molecule has 0 aliphatic carbocycles. The van der Waals surface area contributed by atoms with Crippen LogP contribution in [-0.2, 0) is 21.0 Å². The number of hydrogen-bond acceptors (Lipinski definition) is 5. The molecular weight excluding hydrogens is 326 g/mol. The molecule has 0 fully saturated rings. The molecule has 0 radical (unpaired) electrons. The van der Waals surface area contributed by atoms with Gasteiger partial charge in [-0.05, 0) is 62.2 Å². The van der Waals surface area contributed by atoms with Crippen molar-refractivity contribution in [3.8, 4) is 0 Å². The first-order valence-electron chi connectivity index (χ1n) is 7.71. The molecule has 0 unspecified atom stereocenters. The van der Waals surface area contributed by atoms with Crippen molar-refractivity contribution in [1.82, 2.24) is 0 Å². The molecule has 0 aliphatic rings. The highest BCUT2D eigenvalue weighted by Gasteiger charge is 2.18. The van der Waals surface area contributed by atoms with Gasteiger partial charge >= 0.3 is 5.97 Å². The van der Waals surface area contributed by atoms with E-state index in [9.17, 15) is 13.2 Å². The van der Waals surface area contributed by atoms with E-state index in [1.54, 1.807) is 31.2 Å². The zero-order valence-corrected chi connectivity index (χ0v) is 14.5. The fourth-order valence-electron chi connectivity index (χ4n) is 2.30. The molecule has 0 saturated carbocycles. The van der Waals surface area contributed by atoms with Crippen molar-refractivity contribution in [3.05, 3.63) is 59.7 Å². The van der Waals surface area contributed by atoms with Gasteiger partial charge in [-0.2, -0.15) is 0 Å². The van der Waals surface area contributed by atoms with Crippen LogP contribution < -0.4 is 5.73 Å². The van der Waals surface area contributed by atoms with Gasteiger partial charge in [0.2, 0.25) is 9.84 Å². The highest BCUT2D eigenvalue weighted by Crippen LogP contribution is 2.22. The standard InChI is InChI=1S/C18H21NO4S/c1-3-23-18(20)15-6-10-17(11-7-15)24(21,22)16-8-4-14(5-9-16)12-13(2)19/h4-11,13H,3,12,19H2,1-2H3/t13-/m0/s1. The first kappa shape index (κ1) is 18.2. The van der Waals surface area contributed by atoms with Crippen LogP contribution in [0.2, 0.25) is 0 Å². The van der Waals surface area contributed by atoms with Crippen molar-refractivity contribution < 1.29 is 17.9 Å². The van der Waals surface area contributed by atoms with Crippen molar-refractivity contribution >= 4 is 15.8 Å². The number of sulfone groups is 1. The zero-order chi connectivity index (χ0) is 17.7. The van der Waals surface area contributed by atoms with Gasteiger partial charge in [0.15, 0.2) is 0 Å². The molecule has 5 nitrogen and oxygen atoms in total. The van der Waals surface area contributed by atoms with Crippen molar-refractivity contribution in [2.75, 3.05) is 6.61 Å². The molecule has 0 spiro atoms. The van der Waals surface area contributed by atoms with E-state index in [1.165, 1.54) is 24.3 Å². The van der Waals surface area contributed by atoms with Gasteiger partial charge in [0.1, 0.15) is 0 Å². The molecular formula is C18H21NO4S. The third-order valence-electron chi connectivity index (χ3n) is 3.47. The molecule has 2 rings (SSSR count). The smallest absolute Gasteiger partial charge is 0.338 e. The lowest BCUT2D eigenvalue weighted by atomic mass is 10.1. The SMILES string of the molecule is CCOC(=O)c1ccc(S(=O)(=O)c2ccc(C[C@H](C)N)cc2)cc1. The topological polar surface area (TPSA) is 86.5 Å². The minimum Gasteiger partial charge on any atom is -0.462 e. The van der Waals surface area contributed by atoms with Gasteiger partial charge in [0.25, 0.3) is 0 Å². The Labute approximate surface area is 142 Å². The normalized spacial score (nSPS) is 12.6. The number of benzene rings is 2. The Balaban J connectivity index is 2.25. The fraction of sp³-hybridized carbons (Fsp3) is 0.278. The van der Waals surface area contributed by atoms with Gasteiger partial charge in [-0.15, -0.1) is 0 Å². The number of nitrogens with two attached hydrogens (primary N) is 1. The minimum atomic E-state index is -3.62. The monoisotopic (exact) mass is 347 g/mol. The predicted molar refractivity (Wildman–Crippen MR) is 91.6 cm³/mol. The van der Waals surface area contributed by atoms with Crippen LogP contribution in [0.1, 0.15) is 29.8 Å². The summed E-state index contributed by atoms with van der Waals surface area (Å²) in [5, 5.41) is 0. The van der Waals surface area contributed by atoms with Gasteiger partial charge < -0.3 is 10.5 Å². The summed E-state index contributed by atoms with van der Waals surface area (Å²) in [6.45, 7) is 3.88. The maximum atomic E-state index is 12.6. The number of carbonyl (C=O) groups is 1. The molecule has 2 aromatic carbocycles. The second-order valence-corrected chi connectivity index (χ2v) is 7.52. The Kier molecular flexibility index (Phi) is 5.75. The van der Waals surface area contributed by atoms with E-state index >= 15 is 0 Å². The second kappa shape index (κ2) is 7.59. The summed E-state index contributed by atoms with van der Waals surface area (Å²) in [7, 11) is -3.62. The van der Waals surface area contributed by atoms with E-state index in [2.05, 4.69) is 0 Å². The largest absolute Gasteiger partial charge is 0.462 e. The lowest BCUT2D eigenvalue weighted by Crippen LogP contribution is -2.17. The van der Waals surface area contributed by atoms with Crippen molar-refractivity contribution in [3.63, 3.8) is 0 Å². The average molecular weight is 347 g/mol. The van der Waals surface area contributed by atoms with Crippen LogP contribution in [0.5, 0.6) is 0 Å². The minimum absolute atomic E-state index is 0.0166. The Bertz CT molecular complexity index is 794. The van der Waals surface area contributed by atoms with E-state index in [0.717, 1.165) is 5.56 Å². The van der Waals surface area contributed by atoms with Crippen molar-refractivity contribution in [2.24, 2.45) is 5.73 Å². The molecule has 128 valence electrons. The third-order valence-corrected chi connectivity index (χ3v) is 5.25. The summed E-state index contributed by atoms with van der Waals surface area (Å²) in [4.78, 5) is 12.0. The number of rotatable bonds is 6. The second-order valence-electron chi connectivity index (χ2n) is 5.57. The zero-order valence-electron chi connectivity index (χ0n) is 13.7. The average Bonchev–Trinajstić information content (AvgIpc) is 2.55. The van der Waals surface area contributed by atoms with Gasteiger partial charge in [-0.25, -0.2) is 13.2 Å². The maximum Gasteiger partial charge on any atom is 0.338 e. The van der Waals surface area contributed by atoms with E-state index < -0.39 is 15.8 Å². The fourth-order valence-corrected chi connectivity index (χ4v) is 3.56. The van der Waals surface area contributed by atoms with Crippen LogP contribution in [0, 0.1) is 0 Å². The highest BCUT2D eigenvalue weighted by atomic mass is 32.2. The van der Waals surface area contributed by atoms with Crippen LogP contribution in [0.25, 0.3) is 0 Å². The molecule has 2 aromatic rings. The summed E-state index contributed by atoms with van der Waals surface area (Å²) in [5.74, 6) is -0.471. The van der Waals surface area contributed by atoms with Crippen molar-refractivity contribution in [2.45, 2.75) is 36.1 Å². The van der Waals surface area contributed by atoms with Crippen LogP contribution in [0.15, 0.2) is 58.3 Å². The predicted octanol–water partition coefficient (Wildman–Crippen LogP) is 2.59. The summed E-state index contributed by atoms with van der Waals surface area (Å²) in [6, 6.07) is 12.4. The van der Waals surface area contributed by atoms with E-state index in [1.807, 2.05) is 6.92 Å². The first-order valence-corrected chi connectivity index (χ1v) is 9.19. The summed E-state index contributed by atoms with van der Waals surface area (Å²) in [6.07, 6.45) is 0.689. The quantitative estimate of drug-likeness (QED) is 0.812. The Hall–Kier alpha value is -2.18. The third kappa shape index (κ3) is 4.21. The maximum absolute atomic E-state index is 12.6. The molecule has 0 bridgehead atoms. The summed E-state index contributed by atoms with van der Waals surface area (Å²) < 4.78 is 30.2. The van der Waals surface area contributed by atoms with Crippen LogP contribution >= 0.6 is 0 Å². The molecule has 0 saturated heterocycles. The van der Waals surface area contributed by atoms with Crippen LogP contribution in [-0.4, -0.2) is 27.0 Å². The molecule has 1 atom stereocenters. The number of hydrogen-bond donors (Lipinski definition) is 1. The molecule has 0 amide bonds. The first-order chi connectivity index (χ1) is 11.3. The molecule has 0 aliphatic heterocycles. The van der Waals surface area contributed by atoms with E-state index in [0.29, 0.717) is 12.0 Å². The molecule has 2 N–H and O–H groups in total. The van der Waals surface area contributed by atoms with Crippen molar-refractivity contribution in [1.29, 1.82) is 0 Å². The Morgan fingerprint density at radius 1 is 1.04 bits per heavy atom.